The van der Waals surface area contributed by atoms with E-state index >= 15 is 0 Å². The van der Waals surface area contributed by atoms with Crippen molar-refractivity contribution in [3.63, 3.8) is 0 Å². The van der Waals surface area contributed by atoms with E-state index in [-0.39, 0.29) is 18.4 Å². The fraction of sp³-hybridized carbons (Fsp3) is 0.800. The number of rotatable bonds is 8. The molecule has 5 heteroatoms. The van der Waals surface area contributed by atoms with Crippen molar-refractivity contribution >= 4 is 11.9 Å². The van der Waals surface area contributed by atoms with Gasteiger partial charge in [0.05, 0.1) is 12.6 Å². The average Bonchev–Trinajstić information content (AvgIpc) is 2.14. The largest absolute Gasteiger partial charge is 0.481 e. The van der Waals surface area contributed by atoms with Crippen LogP contribution in [0.25, 0.3) is 0 Å². The third-order valence-corrected chi connectivity index (χ3v) is 1.90. The number of carbonyl (C=O) groups is 2. The molecule has 5 nitrogen and oxygen atoms in total. The summed E-state index contributed by atoms with van der Waals surface area (Å²) in [5, 5.41) is 11.1. The fourth-order valence-electron chi connectivity index (χ4n) is 1.10. The van der Waals surface area contributed by atoms with Crippen LogP contribution < -0.4 is 5.32 Å². The van der Waals surface area contributed by atoms with Crippen molar-refractivity contribution in [3.05, 3.63) is 0 Å². The van der Waals surface area contributed by atoms with Crippen LogP contribution >= 0.6 is 0 Å². The van der Waals surface area contributed by atoms with Gasteiger partial charge >= 0.3 is 5.97 Å². The second-order valence-corrected chi connectivity index (χ2v) is 3.38. The Balaban J connectivity index is 3.46. The van der Waals surface area contributed by atoms with Gasteiger partial charge in [0.15, 0.2) is 0 Å². The fourth-order valence-corrected chi connectivity index (χ4v) is 1.10. The standard InChI is InChI=1S/C10H19NO4/c1-3-9(11-8(2)12)7-15-6-4-5-10(13)14/h9H,3-7H2,1-2H3,(H,11,12)(H,13,14). The summed E-state index contributed by atoms with van der Waals surface area (Å²) in [5.41, 5.74) is 0. The van der Waals surface area contributed by atoms with Gasteiger partial charge in [-0.05, 0) is 12.8 Å². The highest BCUT2D eigenvalue weighted by Gasteiger charge is 2.07. The lowest BCUT2D eigenvalue weighted by atomic mass is 10.2. The summed E-state index contributed by atoms with van der Waals surface area (Å²) in [6.45, 7) is 4.28. The molecule has 1 unspecified atom stereocenters. The smallest absolute Gasteiger partial charge is 0.303 e. The molecule has 0 fully saturated rings. The number of hydrogen-bond acceptors (Lipinski definition) is 3. The van der Waals surface area contributed by atoms with Crippen molar-refractivity contribution in [3.8, 4) is 0 Å². The summed E-state index contributed by atoms with van der Waals surface area (Å²) in [6, 6.07) is 0.0207. The lowest BCUT2D eigenvalue weighted by Gasteiger charge is -2.15. The molecule has 0 aromatic heterocycles. The first-order chi connectivity index (χ1) is 7.06. The molecule has 0 bridgehead atoms. The monoisotopic (exact) mass is 217 g/mol. The number of hydrogen-bond donors (Lipinski definition) is 2. The highest BCUT2D eigenvalue weighted by atomic mass is 16.5. The van der Waals surface area contributed by atoms with Gasteiger partial charge in [-0.15, -0.1) is 0 Å². The van der Waals surface area contributed by atoms with Crippen LogP contribution in [0.15, 0.2) is 0 Å². The topological polar surface area (TPSA) is 75.6 Å². The number of aliphatic carboxylic acids is 1. The van der Waals surface area contributed by atoms with Gasteiger partial charge in [0, 0.05) is 20.0 Å². The minimum atomic E-state index is -0.812. The van der Waals surface area contributed by atoms with Gasteiger partial charge in [-0.25, -0.2) is 0 Å². The predicted molar refractivity (Wildman–Crippen MR) is 55.6 cm³/mol. The average molecular weight is 217 g/mol. The van der Waals surface area contributed by atoms with E-state index in [0.717, 1.165) is 6.42 Å². The Hall–Kier alpha value is -1.10. The molecule has 0 aliphatic rings. The first kappa shape index (κ1) is 13.9. The highest BCUT2D eigenvalue weighted by Crippen LogP contribution is 1.95. The third kappa shape index (κ3) is 9.21. The van der Waals surface area contributed by atoms with Crippen LogP contribution in [0.4, 0.5) is 0 Å². The second kappa shape index (κ2) is 8.23. The van der Waals surface area contributed by atoms with Crippen molar-refractivity contribution in [1.29, 1.82) is 0 Å². The van der Waals surface area contributed by atoms with Crippen LogP contribution in [0.2, 0.25) is 0 Å². The lowest BCUT2D eigenvalue weighted by molar-refractivity contribution is -0.137. The SMILES string of the molecule is CCC(COCCCC(=O)O)NC(C)=O. The molecular formula is C10H19NO4. The zero-order valence-electron chi connectivity index (χ0n) is 9.28. The molecule has 1 atom stereocenters. The molecular weight excluding hydrogens is 198 g/mol. The Kier molecular flexibility index (Phi) is 7.62. The molecule has 0 rings (SSSR count). The molecule has 0 aromatic carbocycles. The molecule has 0 aromatic rings. The number of carbonyl (C=O) groups excluding carboxylic acids is 1. The van der Waals surface area contributed by atoms with Crippen LogP contribution in [0.1, 0.15) is 33.1 Å². The Morgan fingerprint density at radius 3 is 2.60 bits per heavy atom. The van der Waals surface area contributed by atoms with Crippen molar-refractivity contribution in [2.45, 2.75) is 39.2 Å². The van der Waals surface area contributed by atoms with Crippen molar-refractivity contribution < 1.29 is 19.4 Å². The van der Waals surface area contributed by atoms with E-state index in [9.17, 15) is 9.59 Å². The number of ether oxygens (including phenoxy) is 1. The van der Waals surface area contributed by atoms with Gasteiger partial charge in [-0.2, -0.15) is 0 Å². The summed E-state index contributed by atoms with van der Waals surface area (Å²) < 4.78 is 5.26. The quantitative estimate of drug-likeness (QED) is 0.589. The first-order valence-corrected chi connectivity index (χ1v) is 5.13. The van der Waals surface area contributed by atoms with Crippen LogP contribution in [-0.4, -0.2) is 36.2 Å². The van der Waals surface area contributed by atoms with E-state index in [1.807, 2.05) is 6.92 Å². The normalized spacial score (nSPS) is 12.1. The molecule has 0 heterocycles. The zero-order valence-corrected chi connectivity index (χ0v) is 9.28. The Bertz CT molecular complexity index is 206. The van der Waals surface area contributed by atoms with E-state index in [4.69, 9.17) is 9.84 Å². The predicted octanol–water partition coefficient (Wildman–Crippen LogP) is 0.782. The first-order valence-electron chi connectivity index (χ1n) is 5.13. The van der Waals surface area contributed by atoms with Crippen LogP contribution in [0, 0.1) is 0 Å². The summed E-state index contributed by atoms with van der Waals surface area (Å²) in [6.07, 6.45) is 1.43. The molecule has 88 valence electrons. The van der Waals surface area contributed by atoms with Gasteiger partial charge in [-0.1, -0.05) is 6.92 Å². The number of carboxylic acid groups (broad SMARTS) is 1. The molecule has 0 saturated heterocycles. The molecule has 15 heavy (non-hydrogen) atoms. The molecule has 0 saturated carbocycles. The van der Waals surface area contributed by atoms with Crippen LogP contribution in [0.5, 0.6) is 0 Å². The maximum atomic E-state index is 10.7. The molecule has 1 amide bonds. The Morgan fingerprint density at radius 1 is 1.47 bits per heavy atom. The Morgan fingerprint density at radius 2 is 2.13 bits per heavy atom. The lowest BCUT2D eigenvalue weighted by Crippen LogP contribution is -2.36. The third-order valence-electron chi connectivity index (χ3n) is 1.90. The van der Waals surface area contributed by atoms with E-state index in [0.29, 0.717) is 19.6 Å². The van der Waals surface area contributed by atoms with Gasteiger partial charge in [0.25, 0.3) is 0 Å². The molecule has 0 spiro atoms. The van der Waals surface area contributed by atoms with Crippen LogP contribution in [0.3, 0.4) is 0 Å². The molecule has 2 N–H and O–H groups in total. The van der Waals surface area contributed by atoms with E-state index in [1.54, 1.807) is 0 Å². The molecule has 0 aliphatic carbocycles. The second-order valence-electron chi connectivity index (χ2n) is 3.38. The van der Waals surface area contributed by atoms with E-state index in [2.05, 4.69) is 5.32 Å². The van der Waals surface area contributed by atoms with Crippen molar-refractivity contribution in [2.24, 2.45) is 0 Å². The van der Waals surface area contributed by atoms with Gasteiger partial charge in [0.2, 0.25) is 5.91 Å². The van der Waals surface area contributed by atoms with Crippen LogP contribution in [-0.2, 0) is 14.3 Å². The summed E-state index contributed by atoms with van der Waals surface area (Å²) in [5.74, 6) is -0.886. The zero-order chi connectivity index (χ0) is 11.7. The van der Waals surface area contributed by atoms with Crippen molar-refractivity contribution in [2.75, 3.05) is 13.2 Å². The minimum absolute atomic E-state index is 0.0207. The van der Waals surface area contributed by atoms with E-state index in [1.165, 1.54) is 6.92 Å². The summed E-state index contributed by atoms with van der Waals surface area (Å²) in [7, 11) is 0. The number of nitrogens with one attached hydrogen (secondary N) is 1. The molecule has 0 aliphatic heterocycles. The highest BCUT2D eigenvalue weighted by molar-refractivity contribution is 5.73. The number of carboxylic acids is 1. The molecule has 0 radical (unpaired) electrons. The summed E-state index contributed by atoms with van der Waals surface area (Å²) in [4.78, 5) is 20.9. The van der Waals surface area contributed by atoms with Crippen molar-refractivity contribution in [1.82, 2.24) is 5.32 Å². The maximum absolute atomic E-state index is 10.7. The summed E-state index contributed by atoms with van der Waals surface area (Å²) >= 11 is 0. The van der Waals surface area contributed by atoms with Gasteiger partial charge in [0.1, 0.15) is 0 Å². The maximum Gasteiger partial charge on any atom is 0.303 e. The van der Waals surface area contributed by atoms with Gasteiger partial charge < -0.3 is 15.2 Å². The van der Waals surface area contributed by atoms with E-state index < -0.39 is 5.97 Å². The number of amides is 1. The minimum Gasteiger partial charge on any atom is -0.481 e. The Labute approximate surface area is 89.8 Å². The van der Waals surface area contributed by atoms with Gasteiger partial charge in [-0.3, -0.25) is 9.59 Å².